The summed E-state index contributed by atoms with van der Waals surface area (Å²) in [4.78, 5) is 16.9. The Kier molecular flexibility index (Phi) is 5.36. The lowest BCUT2D eigenvalue weighted by Crippen LogP contribution is -2.47. The third kappa shape index (κ3) is 3.45. The van der Waals surface area contributed by atoms with Crippen LogP contribution in [0.15, 0.2) is 16.8 Å². The van der Waals surface area contributed by atoms with E-state index in [0.717, 1.165) is 57.7 Å². The van der Waals surface area contributed by atoms with Gasteiger partial charge in [-0.2, -0.15) is 11.3 Å². The minimum atomic E-state index is 0.149. The number of likely N-dealkylation sites (tertiary alicyclic amines) is 2. The summed E-state index contributed by atoms with van der Waals surface area (Å²) in [5.74, 6) is 0.466. The second-order valence-electron chi connectivity index (χ2n) is 6.77. The second-order valence-corrected chi connectivity index (χ2v) is 7.55. The lowest BCUT2D eigenvalue weighted by atomic mass is 9.71. The molecule has 2 aliphatic heterocycles. The molecule has 6 heteroatoms. The van der Waals surface area contributed by atoms with Crippen LogP contribution in [0.2, 0.25) is 0 Å². The fourth-order valence-electron chi connectivity index (χ4n) is 4.08. The minimum absolute atomic E-state index is 0.149. The van der Waals surface area contributed by atoms with Gasteiger partial charge in [-0.3, -0.25) is 4.79 Å². The van der Waals surface area contributed by atoms with Gasteiger partial charge in [0.15, 0.2) is 0 Å². The number of piperidine rings is 1. The Labute approximate surface area is 141 Å². The van der Waals surface area contributed by atoms with Crippen LogP contribution in [0.5, 0.6) is 0 Å². The maximum absolute atomic E-state index is 12.5. The van der Waals surface area contributed by atoms with Crippen molar-refractivity contribution in [1.29, 1.82) is 0 Å². The van der Waals surface area contributed by atoms with E-state index >= 15 is 0 Å². The zero-order valence-corrected chi connectivity index (χ0v) is 14.6. The summed E-state index contributed by atoms with van der Waals surface area (Å²) < 4.78 is 5.18. The van der Waals surface area contributed by atoms with Crippen LogP contribution >= 0.6 is 11.3 Å². The molecule has 1 atom stereocenters. The number of thiophene rings is 1. The highest BCUT2D eigenvalue weighted by atomic mass is 32.1. The predicted molar refractivity (Wildman–Crippen MR) is 90.8 cm³/mol. The first-order valence-corrected chi connectivity index (χ1v) is 9.26. The third-order valence-corrected chi connectivity index (χ3v) is 6.21. The summed E-state index contributed by atoms with van der Waals surface area (Å²) in [5.41, 5.74) is 0.964. The fraction of sp³-hybridized carbons (Fsp3) is 0.706. The highest BCUT2D eigenvalue weighted by Crippen LogP contribution is 2.44. The Hall–Kier alpha value is -0.950. The molecule has 1 aromatic rings. The summed E-state index contributed by atoms with van der Waals surface area (Å²) in [6.45, 7) is 5.44. The number of nitrogens with zero attached hydrogens (tertiary/aromatic N) is 2. The summed E-state index contributed by atoms with van der Waals surface area (Å²) in [5, 5.41) is 13.7. The van der Waals surface area contributed by atoms with Crippen LogP contribution in [0.25, 0.3) is 0 Å². The van der Waals surface area contributed by atoms with E-state index in [9.17, 15) is 9.90 Å². The van der Waals surface area contributed by atoms with Gasteiger partial charge in [-0.05, 0) is 29.7 Å². The number of methoxy groups -OCH3 is 1. The molecule has 128 valence electrons. The van der Waals surface area contributed by atoms with Gasteiger partial charge >= 0.3 is 0 Å². The first-order valence-electron chi connectivity index (χ1n) is 8.32. The van der Waals surface area contributed by atoms with E-state index in [1.807, 2.05) is 21.7 Å². The van der Waals surface area contributed by atoms with E-state index in [1.54, 1.807) is 18.4 Å². The van der Waals surface area contributed by atoms with E-state index in [1.165, 1.54) is 0 Å². The number of carbonyl (C=O) groups is 1. The van der Waals surface area contributed by atoms with Crippen LogP contribution < -0.4 is 0 Å². The average molecular weight is 338 g/mol. The summed E-state index contributed by atoms with van der Waals surface area (Å²) >= 11 is 1.56. The lowest BCUT2D eigenvalue weighted by Gasteiger charge is -2.42. The molecule has 2 fully saturated rings. The van der Waals surface area contributed by atoms with Gasteiger partial charge in [0, 0.05) is 57.7 Å². The molecule has 2 saturated heterocycles. The Morgan fingerprint density at radius 1 is 1.48 bits per heavy atom. The van der Waals surface area contributed by atoms with Gasteiger partial charge < -0.3 is 19.6 Å². The number of amides is 1. The molecule has 1 amide bonds. The summed E-state index contributed by atoms with van der Waals surface area (Å²) in [6.07, 6.45) is 1.97. The van der Waals surface area contributed by atoms with E-state index in [2.05, 4.69) is 4.90 Å². The van der Waals surface area contributed by atoms with Crippen molar-refractivity contribution in [2.75, 3.05) is 53.0 Å². The summed E-state index contributed by atoms with van der Waals surface area (Å²) in [7, 11) is 1.73. The maximum Gasteiger partial charge on any atom is 0.254 e. The van der Waals surface area contributed by atoms with E-state index in [0.29, 0.717) is 5.92 Å². The van der Waals surface area contributed by atoms with Crippen LogP contribution in [0.1, 0.15) is 23.2 Å². The Bertz CT molecular complexity index is 512. The van der Waals surface area contributed by atoms with Crippen LogP contribution in [0, 0.1) is 11.3 Å². The van der Waals surface area contributed by atoms with Gasteiger partial charge in [-0.15, -0.1) is 0 Å². The number of aliphatic hydroxyl groups is 1. The zero-order chi connectivity index (χ0) is 16.3. The maximum atomic E-state index is 12.5. The van der Waals surface area contributed by atoms with Gasteiger partial charge in [0.2, 0.25) is 0 Å². The zero-order valence-electron chi connectivity index (χ0n) is 13.7. The van der Waals surface area contributed by atoms with E-state index in [4.69, 9.17) is 4.74 Å². The van der Waals surface area contributed by atoms with Crippen molar-refractivity contribution < 1.29 is 14.6 Å². The van der Waals surface area contributed by atoms with Gasteiger partial charge in [-0.1, -0.05) is 0 Å². The standard InChI is InChI=1S/C17H26N2O3S/c1-22-8-7-18-10-15(11-20)17(13-18)3-5-19(6-4-17)16(21)14-2-9-23-12-14/h2,9,12,15,20H,3-8,10-11,13H2,1H3. The molecular formula is C17H26N2O3S. The minimum Gasteiger partial charge on any atom is -0.396 e. The number of carbonyl (C=O) groups excluding carboxylic acids is 1. The van der Waals surface area contributed by atoms with Crippen LogP contribution in [-0.4, -0.2) is 73.9 Å². The lowest BCUT2D eigenvalue weighted by molar-refractivity contribution is 0.0399. The van der Waals surface area contributed by atoms with Crippen molar-refractivity contribution in [3.05, 3.63) is 22.4 Å². The van der Waals surface area contributed by atoms with Crippen LogP contribution in [0.4, 0.5) is 0 Å². The number of aliphatic hydroxyl groups excluding tert-OH is 1. The van der Waals surface area contributed by atoms with Crippen molar-refractivity contribution in [2.24, 2.45) is 11.3 Å². The summed E-state index contributed by atoms with van der Waals surface area (Å²) in [6, 6.07) is 1.90. The van der Waals surface area contributed by atoms with Crippen molar-refractivity contribution in [2.45, 2.75) is 12.8 Å². The molecule has 3 heterocycles. The molecule has 0 bridgehead atoms. The monoisotopic (exact) mass is 338 g/mol. The number of rotatable bonds is 5. The SMILES string of the molecule is COCCN1CC(CO)C2(CCN(C(=O)c3ccsc3)CC2)C1. The van der Waals surface area contributed by atoms with Gasteiger partial charge in [0.25, 0.3) is 5.91 Å². The number of ether oxygens (including phenoxy) is 1. The predicted octanol–water partition coefficient (Wildman–Crippen LogP) is 1.54. The number of hydrogen-bond acceptors (Lipinski definition) is 5. The molecule has 1 N–H and O–H groups in total. The highest BCUT2D eigenvalue weighted by molar-refractivity contribution is 7.08. The third-order valence-electron chi connectivity index (χ3n) is 5.53. The molecule has 23 heavy (non-hydrogen) atoms. The van der Waals surface area contributed by atoms with Gasteiger partial charge in [0.1, 0.15) is 0 Å². The Morgan fingerprint density at radius 2 is 2.26 bits per heavy atom. The smallest absolute Gasteiger partial charge is 0.254 e. The van der Waals surface area contributed by atoms with Gasteiger partial charge in [0.05, 0.1) is 12.2 Å². The van der Waals surface area contributed by atoms with E-state index < -0.39 is 0 Å². The second kappa shape index (κ2) is 7.30. The molecule has 1 spiro atoms. The Morgan fingerprint density at radius 3 is 2.87 bits per heavy atom. The van der Waals surface area contributed by atoms with Crippen LogP contribution in [0.3, 0.4) is 0 Å². The first kappa shape index (κ1) is 16.9. The average Bonchev–Trinajstić information content (AvgIpc) is 3.21. The van der Waals surface area contributed by atoms with Crippen molar-refractivity contribution >= 4 is 17.2 Å². The molecule has 5 nitrogen and oxygen atoms in total. The van der Waals surface area contributed by atoms with Crippen molar-refractivity contribution in [3.63, 3.8) is 0 Å². The van der Waals surface area contributed by atoms with Gasteiger partial charge in [-0.25, -0.2) is 0 Å². The largest absolute Gasteiger partial charge is 0.396 e. The van der Waals surface area contributed by atoms with Crippen LogP contribution in [-0.2, 0) is 4.74 Å². The molecule has 2 aliphatic rings. The van der Waals surface area contributed by atoms with Crippen molar-refractivity contribution in [1.82, 2.24) is 9.80 Å². The molecule has 3 rings (SSSR count). The number of hydrogen-bond donors (Lipinski definition) is 1. The molecular weight excluding hydrogens is 312 g/mol. The molecule has 1 aromatic heterocycles. The molecule has 1 unspecified atom stereocenters. The molecule has 0 aromatic carbocycles. The van der Waals surface area contributed by atoms with Crippen molar-refractivity contribution in [3.8, 4) is 0 Å². The fourth-order valence-corrected chi connectivity index (χ4v) is 4.71. The quantitative estimate of drug-likeness (QED) is 0.885. The molecule has 0 saturated carbocycles. The first-order chi connectivity index (χ1) is 11.2. The van der Waals surface area contributed by atoms with E-state index in [-0.39, 0.29) is 17.9 Å². The molecule has 0 aliphatic carbocycles. The molecule has 0 radical (unpaired) electrons. The highest BCUT2D eigenvalue weighted by Gasteiger charge is 2.47. The Balaban J connectivity index is 1.61. The topological polar surface area (TPSA) is 53.0 Å². The normalized spacial score (nSPS) is 24.4.